The third-order valence-corrected chi connectivity index (χ3v) is 2.79. The molecular formula is C15H15F6NO3. The number of alkyl halides is 6. The molecule has 0 saturated carbocycles. The highest BCUT2D eigenvalue weighted by Gasteiger charge is 2.37. The first kappa shape index (κ1) is 20.8. The van der Waals surface area contributed by atoms with Crippen molar-refractivity contribution in [3.63, 3.8) is 0 Å². The lowest BCUT2D eigenvalue weighted by Crippen LogP contribution is -2.18. The zero-order valence-corrected chi connectivity index (χ0v) is 13.2. The number of halogens is 6. The van der Waals surface area contributed by atoms with E-state index in [9.17, 15) is 35.9 Å². The first-order valence-electron chi connectivity index (χ1n) is 7.08. The fraction of sp³-hybridized carbons (Fsp3) is 0.467. The van der Waals surface area contributed by atoms with E-state index in [1.165, 1.54) is 0 Å². The van der Waals surface area contributed by atoms with Crippen molar-refractivity contribution in [1.82, 2.24) is 0 Å². The highest BCUT2D eigenvalue weighted by atomic mass is 19.4. The van der Waals surface area contributed by atoms with Gasteiger partial charge in [-0.2, -0.15) is 26.3 Å². The zero-order valence-electron chi connectivity index (χ0n) is 13.2. The molecule has 0 heterocycles. The summed E-state index contributed by atoms with van der Waals surface area (Å²) < 4.78 is 81.0. The number of rotatable bonds is 5. The Bertz CT molecular complexity index is 605. The molecule has 0 aliphatic carbocycles. The van der Waals surface area contributed by atoms with Gasteiger partial charge in [-0.25, -0.2) is 0 Å². The average Bonchev–Trinajstić information content (AvgIpc) is 2.42. The summed E-state index contributed by atoms with van der Waals surface area (Å²) in [6, 6.07) is 0.731. The van der Waals surface area contributed by atoms with E-state index in [1.807, 2.05) is 5.32 Å². The molecular weight excluding hydrogens is 356 g/mol. The van der Waals surface area contributed by atoms with Gasteiger partial charge >= 0.3 is 18.3 Å². The van der Waals surface area contributed by atoms with E-state index in [0.29, 0.717) is 12.1 Å². The van der Waals surface area contributed by atoms with Crippen LogP contribution in [-0.4, -0.2) is 18.0 Å². The van der Waals surface area contributed by atoms with Crippen molar-refractivity contribution >= 4 is 17.6 Å². The number of hydrogen-bond donors (Lipinski definition) is 1. The van der Waals surface area contributed by atoms with Crippen LogP contribution >= 0.6 is 0 Å². The second-order valence-corrected chi connectivity index (χ2v) is 5.38. The lowest BCUT2D eigenvalue weighted by atomic mass is 10.1. The second kappa shape index (κ2) is 7.75. The number of carbonyl (C=O) groups excluding carboxylic acids is 2. The van der Waals surface area contributed by atoms with Crippen LogP contribution in [-0.2, 0) is 26.7 Å². The molecule has 4 nitrogen and oxygen atoms in total. The van der Waals surface area contributed by atoms with E-state index in [-0.39, 0.29) is 12.5 Å². The van der Waals surface area contributed by atoms with Crippen molar-refractivity contribution < 1.29 is 40.7 Å². The van der Waals surface area contributed by atoms with Gasteiger partial charge in [0.25, 0.3) is 0 Å². The summed E-state index contributed by atoms with van der Waals surface area (Å²) in [5, 5.41) is 1.93. The average molecular weight is 371 g/mol. The Morgan fingerprint density at radius 3 is 1.84 bits per heavy atom. The van der Waals surface area contributed by atoms with Crippen molar-refractivity contribution in [3.05, 3.63) is 29.3 Å². The van der Waals surface area contributed by atoms with Gasteiger partial charge in [-0.1, -0.05) is 0 Å². The van der Waals surface area contributed by atoms with Gasteiger partial charge < -0.3 is 10.1 Å². The molecule has 0 saturated heterocycles. The number of amides is 1. The maximum atomic E-state index is 12.7. The number of hydrogen-bond acceptors (Lipinski definition) is 3. The van der Waals surface area contributed by atoms with Gasteiger partial charge in [0.15, 0.2) is 0 Å². The van der Waals surface area contributed by atoms with Crippen molar-refractivity contribution in [2.45, 2.75) is 45.1 Å². The molecule has 0 aromatic heterocycles. The molecule has 0 aliphatic heterocycles. The summed E-state index contributed by atoms with van der Waals surface area (Å²) in [4.78, 5) is 22.9. The minimum Gasteiger partial charge on any atom is -0.463 e. The van der Waals surface area contributed by atoms with Crippen LogP contribution in [0, 0.1) is 0 Å². The molecule has 0 spiro atoms. The van der Waals surface area contributed by atoms with E-state index in [2.05, 4.69) is 0 Å². The van der Waals surface area contributed by atoms with Crippen molar-refractivity contribution in [2.24, 2.45) is 0 Å². The predicted molar refractivity (Wildman–Crippen MR) is 75.5 cm³/mol. The number of anilines is 1. The molecule has 0 radical (unpaired) electrons. The summed E-state index contributed by atoms with van der Waals surface area (Å²) in [6.07, 6.45) is -11.2. The molecule has 25 heavy (non-hydrogen) atoms. The molecule has 1 rings (SSSR count). The van der Waals surface area contributed by atoms with Crippen LogP contribution in [0.4, 0.5) is 32.0 Å². The number of ether oxygens (including phenoxy) is 1. The lowest BCUT2D eigenvalue weighted by molar-refractivity contribution is -0.148. The van der Waals surface area contributed by atoms with Gasteiger partial charge in [0, 0.05) is 12.1 Å². The van der Waals surface area contributed by atoms with Gasteiger partial charge in [0.1, 0.15) is 0 Å². The van der Waals surface area contributed by atoms with Crippen LogP contribution in [0.1, 0.15) is 37.8 Å². The normalized spacial score (nSPS) is 12.2. The smallest absolute Gasteiger partial charge is 0.416 e. The Hall–Kier alpha value is -2.26. The molecule has 1 N–H and O–H groups in total. The van der Waals surface area contributed by atoms with Crippen molar-refractivity contribution in [3.8, 4) is 0 Å². The molecule has 140 valence electrons. The SMILES string of the molecule is CC(C)OC(=O)CCC(=O)Nc1cc(C(F)(F)F)cc(C(F)(F)F)c1. The van der Waals surface area contributed by atoms with E-state index in [4.69, 9.17) is 4.74 Å². The quantitative estimate of drug-likeness (QED) is 0.617. The largest absolute Gasteiger partial charge is 0.463 e. The predicted octanol–water partition coefficient (Wildman–Crippen LogP) is 4.39. The Morgan fingerprint density at radius 1 is 0.960 bits per heavy atom. The van der Waals surface area contributed by atoms with E-state index < -0.39 is 53.6 Å². The van der Waals surface area contributed by atoms with Crippen LogP contribution in [0.25, 0.3) is 0 Å². The first-order chi connectivity index (χ1) is 11.3. The molecule has 10 heteroatoms. The van der Waals surface area contributed by atoms with Gasteiger partial charge in [0.2, 0.25) is 5.91 Å². The maximum absolute atomic E-state index is 12.7. The van der Waals surface area contributed by atoms with Crippen LogP contribution in [0.5, 0.6) is 0 Å². The van der Waals surface area contributed by atoms with Crippen LogP contribution < -0.4 is 5.32 Å². The van der Waals surface area contributed by atoms with Crippen LogP contribution in [0.15, 0.2) is 18.2 Å². The molecule has 1 aromatic rings. The lowest BCUT2D eigenvalue weighted by Gasteiger charge is -2.14. The second-order valence-electron chi connectivity index (χ2n) is 5.38. The molecule has 0 unspecified atom stereocenters. The van der Waals surface area contributed by atoms with Crippen molar-refractivity contribution in [1.29, 1.82) is 0 Å². The number of benzene rings is 1. The Morgan fingerprint density at radius 2 is 1.44 bits per heavy atom. The molecule has 0 atom stereocenters. The van der Waals surface area contributed by atoms with Crippen molar-refractivity contribution in [2.75, 3.05) is 5.32 Å². The third kappa shape index (κ3) is 7.02. The minimum absolute atomic E-state index is 0.0460. The molecule has 0 fully saturated rings. The highest BCUT2D eigenvalue weighted by Crippen LogP contribution is 2.37. The number of nitrogens with one attached hydrogen (secondary N) is 1. The number of esters is 1. The fourth-order valence-corrected chi connectivity index (χ4v) is 1.79. The summed E-state index contributed by atoms with van der Waals surface area (Å²) >= 11 is 0. The summed E-state index contributed by atoms with van der Waals surface area (Å²) in [5.74, 6) is -1.61. The third-order valence-electron chi connectivity index (χ3n) is 2.79. The zero-order chi connectivity index (χ0) is 19.4. The standard InChI is InChI=1S/C15H15F6NO3/c1-8(2)25-13(24)4-3-12(23)22-11-6-9(14(16,17)18)5-10(7-11)15(19,20)21/h5-8H,3-4H2,1-2H3,(H,22,23). The fourth-order valence-electron chi connectivity index (χ4n) is 1.79. The topological polar surface area (TPSA) is 55.4 Å². The highest BCUT2D eigenvalue weighted by molar-refractivity contribution is 5.92. The van der Waals surface area contributed by atoms with Gasteiger partial charge in [0.05, 0.1) is 23.7 Å². The van der Waals surface area contributed by atoms with Gasteiger partial charge in [-0.3, -0.25) is 9.59 Å². The molecule has 0 aliphatic rings. The first-order valence-corrected chi connectivity index (χ1v) is 7.08. The van der Waals surface area contributed by atoms with Gasteiger partial charge in [-0.05, 0) is 32.0 Å². The van der Waals surface area contributed by atoms with Crippen LogP contribution in [0.3, 0.4) is 0 Å². The molecule has 0 bridgehead atoms. The summed E-state index contributed by atoms with van der Waals surface area (Å²) in [5.41, 5.74) is -3.75. The van der Waals surface area contributed by atoms with E-state index in [1.54, 1.807) is 13.8 Å². The Labute approximate surface area is 139 Å². The molecule has 1 aromatic carbocycles. The van der Waals surface area contributed by atoms with Gasteiger partial charge in [-0.15, -0.1) is 0 Å². The van der Waals surface area contributed by atoms with Crippen LogP contribution in [0.2, 0.25) is 0 Å². The molecule has 1 amide bonds. The van der Waals surface area contributed by atoms with E-state index in [0.717, 1.165) is 0 Å². The summed E-state index contributed by atoms with van der Waals surface area (Å²) in [7, 11) is 0. The Kier molecular flexibility index (Phi) is 6.44. The monoisotopic (exact) mass is 371 g/mol. The Balaban J connectivity index is 2.90. The summed E-state index contributed by atoms with van der Waals surface area (Å²) in [6.45, 7) is 3.17. The maximum Gasteiger partial charge on any atom is 0.416 e. The number of carbonyl (C=O) groups is 2. The van der Waals surface area contributed by atoms with E-state index >= 15 is 0 Å². The minimum atomic E-state index is -5.01.